The number of aromatic nitrogens is 1. The van der Waals surface area contributed by atoms with E-state index in [0.717, 1.165) is 29.5 Å². The molecule has 2 aliphatic rings. The quantitative estimate of drug-likeness (QED) is 0.850. The summed E-state index contributed by atoms with van der Waals surface area (Å²) in [5.41, 5.74) is 3.49. The summed E-state index contributed by atoms with van der Waals surface area (Å²) in [6, 6.07) is 9.16. The van der Waals surface area contributed by atoms with Crippen LogP contribution in [-0.2, 0) is 4.79 Å². The number of carbonyl (C=O) groups is 1. The van der Waals surface area contributed by atoms with Crippen LogP contribution in [0.2, 0.25) is 0 Å². The van der Waals surface area contributed by atoms with Gasteiger partial charge in [-0.15, -0.1) is 11.3 Å². The van der Waals surface area contributed by atoms with E-state index in [9.17, 15) is 4.79 Å². The molecule has 1 aromatic heterocycles. The SMILES string of the molecule is CC(C)c1ccc(-c2csc(N3CCN(C4CC4)C(=O)C3)n2)cc1. The number of hydrogen-bond acceptors (Lipinski definition) is 4. The molecule has 4 rings (SSSR count). The van der Waals surface area contributed by atoms with Crippen LogP contribution in [0.3, 0.4) is 0 Å². The van der Waals surface area contributed by atoms with Crippen LogP contribution >= 0.6 is 11.3 Å². The van der Waals surface area contributed by atoms with Crippen LogP contribution in [0, 0.1) is 0 Å². The van der Waals surface area contributed by atoms with Crippen LogP contribution in [0.15, 0.2) is 29.6 Å². The van der Waals surface area contributed by atoms with E-state index in [2.05, 4.69) is 53.3 Å². The summed E-state index contributed by atoms with van der Waals surface area (Å²) in [7, 11) is 0. The van der Waals surface area contributed by atoms with Crippen LogP contribution in [0.4, 0.5) is 5.13 Å². The first-order valence-corrected chi connectivity index (χ1v) is 9.60. The van der Waals surface area contributed by atoms with Crippen molar-refractivity contribution in [2.24, 2.45) is 0 Å². The molecule has 0 spiro atoms. The molecular weight excluding hydrogens is 318 g/mol. The van der Waals surface area contributed by atoms with E-state index in [1.165, 1.54) is 18.4 Å². The van der Waals surface area contributed by atoms with Crippen LogP contribution in [-0.4, -0.2) is 41.5 Å². The fourth-order valence-electron chi connectivity index (χ4n) is 3.20. The van der Waals surface area contributed by atoms with Gasteiger partial charge in [-0.1, -0.05) is 38.1 Å². The van der Waals surface area contributed by atoms with Crippen molar-refractivity contribution < 1.29 is 4.79 Å². The molecule has 1 aliphatic heterocycles. The highest BCUT2D eigenvalue weighted by atomic mass is 32.1. The Morgan fingerprint density at radius 1 is 1.17 bits per heavy atom. The topological polar surface area (TPSA) is 36.4 Å². The van der Waals surface area contributed by atoms with Crippen LogP contribution < -0.4 is 4.90 Å². The smallest absolute Gasteiger partial charge is 0.242 e. The summed E-state index contributed by atoms with van der Waals surface area (Å²) in [4.78, 5) is 21.2. The van der Waals surface area contributed by atoms with Crippen molar-refractivity contribution in [3.63, 3.8) is 0 Å². The fraction of sp³-hybridized carbons (Fsp3) is 0.474. The molecule has 0 bridgehead atoms. The van der Waals surface area contributed by atoms with Crippen LogP contribution in [0.1, 0.15) is 38.2 Å². The van der Waals surface area contributed by atoms with Gasteiger partial charge >= 0.3 is 0 Å². The third-order valence-electron chi connectivity index (χ3n) is 4.88. The monoisotopic (exact) mass is 341 g/mol. The van der Waals surface area contributed by atoms with E-state index < -0.39 is 0 Å². The molecular formula is C19H23N3OS. The second-order valence-corrected chi connectivity index (χ2v) is 7.87. The van der Waals surface area contributed by atoms with Gasteiger partial charge in [0.2, 0.25) is 5.91 Å². The average molecular weight is 341 g/mol. The molecule has 1 saturated heterocycles. The molecule has 4 nitrogen and oxygen atoms in total. The van der Waals surface area contributed by atoms with Gasteiger partial charge < -0.3 is 9.80 Å². The van der Waals surface area contributed by atoms with E-state index in [-0.39, 0.29) is 5.91 Å². The highest BCUT2D eigenvalue weighted by molar-refractivity contribution is 7.14. The molecule has 1 amide bonds. The second-order valence-electron chi connectivity index (χ2n) is 7.03. The average Bonchev–Trinajstić information content (AvgIpc) is 3.30. The minimum absolute atomic E-state index is 0.252. The van der Waals surface area contributed by atoms with Crippen LogP contribution in [0.25, 0.3) is 11.3 Å². The predicted molar refractivity (Wildman–Crippen MR) is 98.6 cm³/mol. The number of rotatable bonds is 4. The Morgan fingerprint density at radius 3 is 2.54 bits per heavy atom. The summed E-state index contributed by atoms with van der Waals surface area (Å²) >= 11 is 1.63. The molecule has 0 N–H and O–H groups in total. The molecule has 24 heavy (non-hydrogen) atoms. The lowest BCUT2D eigenvalue weighted by Crippen LogP contribution is -2.51. The summed E-state index contributed by atoms with van der Waals surface area (Å²) in [5, 5.41) is 3.05. The minimum Gasteiger partial charge on any atom is -0.337 e. The second kappa shape index (κ2) is 6.20. The molecule has 1 saturated carbocycles. The normalized spacial score (nSPS) is 18.5. The predicted octanol–water partition coefficient (Wildman–Crippen LogP) is 3.74. The lowest BCUT2D eigenvalue weighted by Gasteiger charge is -2.34. The molecule has 1 aliphatic carbocycles. The lowest BCUT2D eigenvalue weighted by atomic mass is 10.0. The van der Waals surface area contributed by atoms with Gasteiger partial charge in [0, 0.05) is 30.1 Å². The number of nitrogens with zero attached hydrogens (tertiary/aromatic N) is 3. The molecule has 0 radical (unpaired) electrons. The van der Waals surface area contributed by atoms with Gasteiger partial charge in [-0.3, -0.25) is 4.79 Å². The third kappa shape index (κ3) is 3.05. The number of amides is 1. The number of carbonyl (C=O) groups excluding carboxylic acids is 1. The van der Waals surface area contributed by atoms with Crippen molar-refractivity contribution >= 4 is 22.4 Å². The zero-order valence-corrected chi connectivity index (χ0v) is 15.1. The highest BCUT2D eigenvalue weighted by Crippen LogP contribution is 2.32. The third-order valence-corrected chi connectivity index (χ3v) is 5.78. The number of benzene rings is 1. The van der Waals surface area contributed by atoms with Crippen molar-refractivity contribution in [3.8, 4) is 11.3 Å². The highest BCUT2D eigenvalue weighted by Gasteiger charge is 2.36. The molecule has 0 unspecified atom stereocenters. The largest absolute Gasteiger partial charge is 0.337 e. The zero-order valence-electron chi connectivity index (χ0n) is 14.2. The standard InChI is InChI=1S/C19H23N3OS/c1-13(2)14-3-5-15(6-4-14)17-12-24-19(20-17)21-9-10-22(16-7-8-16)18(23)11-21/h3-6,12-13,16H,7-11H2,1-2H3. The first kappa shape index (κ1) is 15.6. The Morgan fingerprint density at radius 2 is 1.92 bits per heavy atom. The van der Waals surface area contributed by atoms with Crippen LogP contribution in [0.5, 0.6) is 0 Å². The summed E-state index contributed by atoms with van der Waals surface area (Å²) in [5.74, 6) is 0.792. The van der Waals surface area contributed by atoms with E-state index >= 15 is 0 Å². The van der Waals surface area contributed by atoms with Crippen molar-refractivity contribution in [1.29, 1.82) is 0 Å². The van der Waals surface area contributed by atoms with E-state index in [1.807, 2.05) is 0 Å². The van der Waals surface area contributed by atoms with Gasteiger partial charge in [-0.2, -0.15) is 0 Å². The first-order valence-electron chi connectivity index (χ1n) is 8.72. The lowest BCUT2D eigenvalue weighted by molar-refractivity contribution is -0.131. The Kier molecular flexibility index (Phi) is 4.04. The maximum Gasteiger partial charge on any atom is 0.242 e. The Bertz CT molecular complexity index is 733. The first-order chi connectivity index (χ1) is 11.6. The molecule has 2 heterocycles. The van der Waals surface area contributed by atoms with Gasteiger partial charge in [0.25, 0.3) is 0 Å². The van der Waals surface area contributed by atoms with Gasteiger partial charge in [0.1, 0.15) is 0 Å². The van der Waals surface area contributed by atoms with Crippen molar-refractivity contribution in [2.75, 3.05) is 24.5 Å². The van der Waals surface area contributed by atoms with Crippen molar-refractivity contribution in [2.45, 2.75) is 38.6 Å². The minimum atomic E-state index is 0.252. The van der Waals surface area contributed by atoms with Gasteiger partial charge in [-0.25, -0.2) is 4.98 Å². The summed E-state index contributed by atoms with van der Waals surface area (Å²) < 4.78 is 0. The molecule has 5 heteroatoms. The van der Waals surface area contributed by atoms with Gasteiger partial charge in [0.15, 0.2) is 5.13 Å². The molecule has 2 aromatic rings. The number of hydrogen-bond donors (Lipinski definition) is 0. The maximum atomic E-state index is 12.3. The maximum absolute atomic E-state index is 12.3. The summed E-state index contributed by atoms with van der Waals surface area (Å²) in [6.45, 7) is 6.60. The molecule has 126 valence electrons. The fourth-order valence-corrected chi connectivity index (χ4v) is 4.06. The Labute approximate surface area is 147 Å². The Hall–Kier alpha value is -1.88. The molecule has 2 fully saturated rings. The molecule has 0 atom stereocenters. The van der Waals surface area contributed by atoms with Crippen molar-refractivity contribution in [3.05, 3.63) is 35.2 Å². The van der Waals surface area contributed by atoms with E-state index in [1.54, 1.807) is 11.3 Å². The molecule has 1 aromatic carbocycles. The van der Waals surface area contributed by atoms with E-state index in [4.69, 9.17) is 4.98 Å². The van der Waals surface area contributed by atoms with Crippen molar-refractivity contribution in [1.82, 2.24) is 9.88 Å². The summed E-state index contributed by atoms with van der Waals surface area (Å²) in [6.07, 6.45) is 2.36. The number of thiazole rings is 1. The Balaban J connectivity index is 1.47. The number of piperazine rings is 1. The number of anilines is 1. The van der Waals surface area contributed by atoms with E-state index in [0.29, 0.717) is 18.5 Å². The van der Waals surface area contributed by atoms with Gasteiger partial charge in [-0.05, 0) is 24.3 Å². The zero-order chi connectivity index (χ0) is 16.7. The van der Waals surface area contributed by atoms with Gasteiger partial charge in [0.05, 0.1) is 12.2 Å².